The molecule has 21 heavy (non-hydrogen) atoms. The topological polar surface area (TPSA) is 12.0 Å². The molecular weight excluding hydrogens is 275 g/mol. The van der Waals surface area contributed by atoms with E-state index in [1.165, 1.54) is 25.0 Å². The minimum atomic E-state index is -4.26. The van der Waals surface area contributed by atoms with Crippen molar-refractivity contribution in [2.45, 2.75) is 58.3 Å². The highest BCUT2D eigenvalue weighted by Crippen LogP contribution is 2.31. The molecule has 1 aliphatic rings. The van der Waals surface area contributed by atoms with Gasteiger partial charge in [-0.3, -0.25) is 0 Å². The van der Waals surface area contributed by atoms with Crippen molar-refractivity contribution in [3.8, 4) is 0 Å². The molecule has 0 aromatic heterocycles. The first-order valence-corrected chi connectivity index (χ1v) is 7.76. The van der Waals surface area contributed by atoms with E-state index in [2.05, 4.69) is 19.2 Å². The lowest BCUT2D eigenvalue weighted by Gasteiger charge is -2.32. The van der Waals surface area contributed by atoms with Crippen LogP contribution in [0.1, 0.15) is 50.7 Å². The van der Waals surface area contributed by atoms with E-state index in [1.807, 2.05) is 0 Å². The molecular formula is C17H24F3N. The van der Waals surface area contributed by atoms with Gasteiger partial charge in [-0.2, -0.15) is 13.2 Å². The van der Waals surface area contributed by atoms with Gasteiger partial charge in [-0.05, 0) is 36.3 Å². The van der Waals surface area contributed by atoms with Crippen LogP contribution in [0.15, 0.2) is 24.3 Å². The zero-order valence-corrected chi connectivity index (χ0v) is 12.7. The van der Waals surface area contributed by atoms with Gasteiger partial charge in [0, 0.05) is 12.6 Å². The van der Waals surface area contributed by atoms with Crippen LogP contribution in [-0.4, -0.2) is 6.04 Å². The van der Waals surface area contributed by atoms with Gasteiger partial charge in [0.05, 0.1) is 5.56 Å². The molecule has 0 heterocycles. The quantitative estimate of drug-likeness (QED) is 0.824. The zero-order chi connectivity index (χ0) is 15.5. The number of nitrogens with one attached hydrogen (secondary N) is 1. The Morgan fingerprint density at radius 1 is 1.24 bits per heavy atom. The summed E-state index contributed by atoms with van der Waals surface area (Å²) in [5, 5.41) is 3.43. The molecule has 0 bridgehead atoms. The predicted molar refractivity (Wildman–Crippen MR) is 78.9 cm³/mol. The lowest BCUT2D eigenvalue weighted by atomic mass is 9.79. The minimum Gasteiger partial charge on any atom is -0.310 e. The average Bonchev–Trinajstić information content (AvgIpc) is 2.45. The van der Waals surface area contributed by atoms with Crippen LogP contribution in [-0.2, 0) is 12.7 Å². The van der Waals surface area contributed by atoms with Crippen molar-refractivity contribution < 1.29 is 13.2 Å². The summed E-state index contributed by atoms with van der Waals surface area (Å²) in [4.78, 5) is 0. The van der Waals surface area contributed by atoms with E-state index in [1.54, 1.807) is 6.07 Å². The van der Waals surface area contributed by atoms with E-state index in [0.717, 1.165) is 24.8 Å². The van der Waals surface area contributed by atoms with E-state index < -0.39 is 11.7 Å². The van der Waals surface area contributed by atoms with Crippen molar-refractivity contribution >= 4 is 0 Å². The summed E-state index contributed by atoms with van der Waals surface area (Å²) in [5.74, 6) is 1.42. The summed E-state index contributed by atoms with van der Waals surface area (Å²) in [6.07, 6.45) is 0.491. The molecule has 1 nitrogen and oxygen atoms in total. The molecule has 4 heteroatoms. The first-order chi connectivity index (χ1) is 9.86. The number of alkyl halides is 3. The summed E-state index contributed by atoms with van der Waals surface area (Å²) in [6, 6.07) is 6.04. The Labute approximate surface area is 124 Å². The van der Waals surface area contributed by atoms with Crippen LogP contribution in [0.2, 0.25) is 0 Å². The lowest BCUT2D eigenvalue weighted by molar-refractivity contribution is -0.137. The molecule has 0 aliphatic heterocycles. The van der Waals surface area contributed by atoms with Crippen molar-refractivity contribution in [2.24, 2.45) is 11.8 Å². The predicted octanol–water partition coefficient (Wildman–Crippen LogP) is 5.01. The maximum absolute atomic E-state index is 12.7. The van der Waals surface area contributed by atoms with Crippen molar-refractivity contribution in [1.29, 1.82) is 0 Å². The van der Waals surface area contributed by atoms with E-state index >= 15 is 0 Å². The molecule has 1 aliphatic carbocycles. The average molecular weight is 299 g/mol. The molecule has 1 aromatic carbocycles. The van der Waals surface area contributed by atoms with E-state index in [9.17, 15) is 13.2 Å². The molecule has 1 fully saturated rings. The molecule has 0 spiro atoms. The van der Waals surface area contributed by atoms with Crippen LogP contribution >= 0.6 is 0 Å². The SMILES string of the molecule is CC(C)C1CCCC(NCc2cccc(C(F)(F)F)c2)C1. The number of hydrogen-bond acceptors (Lipinski definition) is 1. The normalized spacial score (nSPS) is 23.5. The highest BCUT2D eigenvalue weighted by Gasteiger charge is 2.30. The summed E-state index contributed by atoms with van der Waals surface area (Å²) in [6.45, 7) is 5.01. The third-order valence-electron chi connectivity index (χ3n) is 4.51. The summed E-state index contributed by atoms with van der Waals surface area (Å²) >= 11 is 0. The van der Waals surface area contributed by atoms with Crippen LogP contribution in [0.4, 0.5) is 13.2 Å². The van der Waals surface area contributed by atoms with Crippen LogP contribution in [0.5, 0.6) is 0 Å². The van der Waals surface area contributed by atoms with E-state index in [4.69, 9.17) is 0 Å². The third kappa shape index (κ3) is 4.73. The molecule has 1 saturated carbocycles. The van der Waals surface area contributed by atoms with Crippen LogP contribution in [0, 0.1) is 11.8 Å². The Morgan fingerprint density at radius 2 is 2.00 bits per heavy atom. The smallest absolute Gasteiger partial charge is 0.310 e. The Morgan fingerprint density at radius 3 is 2.67 bits per heavy atom. The second kappa shape index (κ2) is 6.82. The highest BCUT2D eigenvalue weighted by atomic mass is 19.4. The fourth-order valence-corrected chi connectivity index (χ4v) is 3.14. The van der Waals surface area contributed by atoms with Gasteiger partial charge >= 0.3 is 6.18 Å². The molecule has 2 rings (SSSR count). The Hall–Kier alpha value is -1.03. The number of rotatable bonds is 4. The molecule has 0 saturated heterocycles. The Bertz CT molecular complexity index is 454. The molecule has 0 amide bonds. The van der Waals surface area contributed by atoms with Gasteiger partial charge < -0.3 is 5.32 Å². The van der Waals surface area contributed by atoms with E-state index in [0.29, 0.717) is 24.1 Å². The second-order valence-corrected chi connectivity index (χ2v) is 6.45. The largest absolute Gasteiger partial charge is 0.416 e. The fraction of sp³-hybridized carbons (Fsp3) is 0.647. The lowest BCUT2D eigenvalue weighted by Crippen LogP contribution is -2.35. The van der Waals surface area contributed by atoms with Crippen LogP contribution in [0.3, 0.4) is 0 Å². The van der Waals surface area contributed by atoms with Crippen molar-refractivity contribution in [3.05, 3.63) is 35.4 Å². The van der Waals surface area contributed by atoms with E-state index in [-0.39, 0.29) is 0 Å². The standard InChI is InChI=1S/C17H24F3N/c1-12(2)14-6-4-8-16(10-14)21-11-13-5-3-7-15(9-13)17(18,19)20/h3,5,7,9,12,14,16,21H,4,6,8,10-11H2,1-2H3. The minimum absolute atomic E-state index is 0.431. The number of hydrogen-bond donors (Lipinski definition) is 1. The molecule has 2 atom stereocenters. The van der Waals surface area contributed by atoms with Crippen molar-refractivity contribution in [1.82, 2.24) is 5.32 Å². The van der Waals surface area contributed by atoms with Crippen LogP contribution < -0.4 is 5.32 Å². The summed E-state index contributed by atoms with van der Waals surface area (Å²) in [7, 11) is 0. The van der Waals surface area contributed by atoms with Gasteiger partial charge in [0.2, 0.25) is 0 Å². The maximum atomic E-state index is 12.7. The molecule has 2 unspecified atom stereocenters. The monoisotopic (exact) mass is 299 g/mol. The second-order valence-electron chi connectivity index (χ2n) is 6.45. The highest BCUT2D eigenvalue weighted by molar-refractivity contribution is 5.25. The molecule has 0 radical (unpaired) electrons. The van der Waals surface area contributed by atoms with Crippen molar-refractivity contribution in [2.75, 3.05) is 0 Å². The van der Waals surface area contributed by atoms with Gasteiger partial charge in [-0.1, -0.05) is 44.9 Å². The van der Waals surface area contributed by atoms with Gasteiger partial charge in [-0.15, -0.1) is 0 Å². The first-order valence-electron chi connectivity index (χ1n) is 7.76. The van der Waals surface area contributed by atoms with Gasteiger partial charge in [0.15, 0.2) is 0 Å². The number of benzene rings is 1. The van der Waals surface area contributed by atoms with Crippen LogP contribution in [0.25, 0.3) is 0 Å². The molecule has 118 valence electrons. The van der Waals surface area contributed by atoms with Gasteiger partial charge in [-0.25, -0.2) is 0 Å². The zero-order valence-electron chi connectivity index (χ0n) is 12.7. The first kappa shape index (κ1) is 16.3. The third-order valence-corrected chi connectivity index (χ3v) is 4.51. The maximum Gasteiger partial charge on any atom is 0.416 e. The molecule has 1 aromatic rings. The summed E-state index contributed by atoms with van der Waals surface area (Å²) in [5.41, 5.74) is 0.141. The number of halogens is 3. The Balaban J connectivity index is 1.91. The van der Waals surface area contributed by atoms with Gasteiger partial charge in [0.1, 0.15) is 0 Å². The molecule has 1 N–H and O–H groups in total. The van der Waals surface area contributed by atoms with Gasteiger partial charge in [0.25, 0.3) is 0 Å². The van der Waals surface area contributed by atoms with Crippen molar-refractivity contribution in [3.63, 3.8) is 0 Å². The Kier molecular flexibility index (Phi) is 5.31. The summed E-state index contributed by atoms with van der Waals surface area (Å²) < 4.78 is 38.0. The fourth-order valence-electron chi connectivity index (χ4n) is 3.14.